The zero-order valence-corrected chi connectivity index (χ0v) is 9.72. The Kier molecular flexibility index (Phi) is 3.58. The van der Waals surface area contributed by atoms with Gasteiger partial charge in [-0.1, -0.05) is 6.07 Å². The van der Waals surface area contributed by atoms with Gasteiger partial charge in [0.15, 0.2) is 5.69 Å². The minimum absolute atomic E-state index is 0.0609. The molecule has 17 heavy (non-hydrogen) atoms. The highest BCUT2D eigenvalue weighted by molar-refractivity contribution is 5.85. The molecule has 2 unspecified atom stereocenters. The van der Waals surface area contributed by atoms with Gasteiger partial charge in [0, 0.05) is 19.1 Å². The first-order valence-corrected chi connectivity index (χ1v) is 5.72. The molecule has 0 saturated carbocycles. The summed E-state index contributed by atoms with van der Waals surface area (Å²) in [5, 5.41) is 12.0. The van der Waals surface area contributed by atoms with Crippen molar-refractivity contribution in [1.29, 1.82) is 0 Å². The van der Waals surface area contributed by atoms with Crippen LogP contribution in [0.1, 0.15) is 23.8 Å². The highest BCUT2D eigenvalue weighted by atomic mass is 16.5. The number of anilines is 1. The van der Waals surface area contributed by atoms with Gasteiger partial charge in [-0.15, -0.1) is 0 Å². The number of nitrogens with one attached hydrogen (secondary N) is 1. The quantitative estimate of drug-likeness (QED) is 0.831. The van der Waals surface area contributed by atoms with E-state index in [0.29, 0.717) is 11.7 Å². The summed E-state index contributed by atoms with van der Waals surface area (Å²) >= 11 is 0. The van der Waals surface area contributed by atoms with E-state index in [4.69, 9.17) is 9.84 Å². The third-order valence-electron chi connectivity index (χ3n) is 3.05. The van der Waals surface area contributed by atoms with Crippen molar-refractivity contribution in [3.05, 3.63) is 23.9 Å². The maximum atomic E-state index is 10.8. The summed E-state index contributed by atoms with van der Waals surface area (Å²) in [6.07, 6.45) is 1.29. The van der Waals surface area contributed by atoms with Crippen LogP contribution in [0.2, 0.25) is 0 Å². The molecule has 0 amide bonds. The molecule has 0 radical (unpaired) electrons. The van der Waals surface area contributed by atoms with Crippen molar-refractivity contribution in [2.75, 3.05) is 18.5 Å². The second kappa shape index (κ2) is 5.14. The minimum atomic E-state index is -1.01. The average Bonchev–Trinajstić information content (AvgIpc) is 2.72. The van der Waals surface area contributed by atoms with Gasteiger partial charge in [0.2, 0.25) is 0 Å². The molecule has 0 aromatic carbocycles. The molecule has 1 aliphatic heterocycles. The second-order valence-electron chi connectivity index (χ2n) is 4.22. The van der Waals surface area contributed by atoms with Crippen LogP contribution in [0.4, 0.5) is 5.82 Å². The second-order valence-corrected chi connectivity index (χ2v) is 4.22. The number of aromatic carboxylic acids is 1. The Labute approximate surface area is 99.8 Å². The zero-order valence-electron chi connectivity index (χ0n) is 9.72. The Morgan fingerprint density at radius 3 is 3.12 bits per heavy atom. The van der Waals surface area contributed by atoms with Crippen molar-refractivity contribution in [2.45, 2.75) is 19.4 Å². The van der Waals surface area contributed by atoms with Crippen LogP contribution < -0.4 is 5.32 Å². The van der Waals surface area contributed by atoms with Crippen LogP contribution in [0.25, 0.3) is 0 Å². The normalized spacial score (nSPS) is 23.6. The number of aromatic nitrogens is 1. The highest BCUT2D eigenvalue weighted by Crippen LogP contribution is 2.20. The lowest BCUT2D eigenvalue weighted by molar-refractivity contribution is 0.0690. The Bertz CT molecular complexity index is 408. The van der Waals surface area contributed by atoms with Crippen molar-refractivity contribution in [1.82, 2.24) is 4.98 Å². The Balaban J connectivity index is 1.94. The summed E-state index contributed by atoms with van der Waals surface area (Å²) in [6.45, 7) is 3.62. The standard InChI is InChI=1S/C12H16N2O3/c1-8-9(5-6-17-8)7-13-11-4-2-3-10(14-11)12(15)16/h2-4,8-9H,5-7H2,1H3,(H,13,14)(H,15,16). The van der Waals surface area contributed by atoms with Crippen LogP contribution in [-0.2, 0) is 4.74 Å². The van der Waals surface area contributed by atoms with E-state index >= 15 is 0 Å². The average molecular weight is 236 g/mol. The molecular weight excluding hydrogens is 220 g/mol. The Morgan fingerprint density at radius 1 is 1.65 bits per heavy atom. The van der Waals surface area contributed by atoms with Gasteiger partial charge in [-0.2, -0.15) is 0 Å². The highest BCUT2D eigenvalue weighted by Gasteiger charge is 2.23. The monoisotopic (exact) mass is 236 g/mol. The van der Waals surface area contributed by atoms with E-state index in [0.717, 1.165) is 19.6 Å². The van der Waals surface area contributed by atoms with E-state index in [1.807, 2.05) is 0 Å². The number of ether oxygens (including phenoxy) is 1. The molecule has 2 atom stereocenters. The van der Waals surface area contributed by atoms with Gasteiger partial charge in [0.25, 0.3) is 0 Å². The lowest BCUT2D eigenvalue weighted by Crippen LogP contribution is -2.21. The first-order chi connectivity index (χ1) is 8.16. The fourth-order valence-corrected chi connectivity index (χ4v) is 1.93. The van der Waals surface area contributed by atoms with Crippen molar-refractivity contribution in [3.63, 3.8) is 0 Å². The molecule has 1 fully saturated rings. The summed E-state index contributed by atoms with van der Waals surface area (Å²) in [6, 6.07) is 4.94. The first-order valence-electron chi connectivity index (χ1n) is 5.72. The minimum Gasteiger partial charge on any atom is -0.477 e. The molecule has 1 aromatic heterocycles. The Hall–Kier alpha value is -1.62. The smallest absolute Gasteiger partial charge is 0.354 e. The maximum absolute atomic E-state index is 10.8. The summed E-state index contributed by atoms with van der Waals surface area (Å²) < 4.78 is 5.46. The number of rotatable bonds is 4. The number of carbonyl (C=O) groups is 1. The molecule has 5 heteroatoms. The van der Waals surface area contributed by atoms with Crippen LogP contribution >= 0.6 is 0 Å². The first kappa shape index (κ1) is 11.9. The van der Waals surface area contributed by atoms with Gasteiger partial charge in [-0.05, 0) is 25.5 Å². The van der Waals surface area contributed by atoms with Crippen LogP contribution in [-0.4, -0.2) is 35.3 Å². The molecule has 2 N–H and O–H groups in total. The van der Waals surface area contributed by atoms with E-state index in [-0.39, 0.29) is 11.8 Å². The molecular formula is C12H16N2O3. The lowest BCUT2D eigenvalue weighted by atomic mass is 10.0. The fourth-order valence-electron chi connectivity index (χ4n) is 1.93. The molecule has 0 spiro atoms. The predicted molar refractivity (Wildman–Crippen MR) is 63.2 cm³/mol. The van der Waals surface area contributed by atoms with Crippen molar-refractivity contribution >= 4 is 11.8 Å². The molecule has 92 valence electrons. The largest absolute Gasteiger partial charge is 0.477 e. The van der Waals surface area contributed by atoms with E-state index in [2.05, 4.69) is 17.2 Å². The van der Waals surface area contributed by atoms with Gasteiger partial charge >= 0.3 is 5.97 Å². The summed E-state index contributed by atoms with van der Waals surface area (Å²) in [5.41, 5.74) is 0.0609. The summed E-state index contributed by atoms with van der Waals surface area (Å²) in [4.78, 5) is 14.8. The number of carboxylic acid groups (broad SMARTS) is 1. The number of pyridine rings is 1. The summed E-state index contributed by atoms with van der Waals surface area (Å²) in [7, 11) is 0. The predicted octanol–water partition coefficient (Wildman–Crippen LogP) is 1.62. The topological polar surface area (TPSA) is 71.5 Å². The zero-order chi connectivity index (χ0) is 12.3. The van der Waals surface area contributed by atoms with Gasteiger partial charge in [-0.3, -0.25) is 0 Å². The maximum Gasteiger partial charge on any atom is 0.354 e. The van der Waals surface area contributed by atoms with E-state index < -0.39 is 5.97 Å². The van der Waals surface area contributed by atoms with Crippen LogP contribution in [0.3, 0.4) is 0 Å². The van der Waals surface area contributed by atoms with Crippen LogP contribution in [0, 0.1) is 5.92 Å². The third kappa shape index (κ3) is 2.94. The SMILES string of the molecule is CC1OCCC1CNc1cccc(C(=O)O)n1. The number of nitrogens with zero attached hydrogens (tertiary/aromatic N) is 1. The van der Waals surface area contributed by atoms with Gasteiger partial charge in [0.1, 0.15) is 5.82 Å². The molecule has 1 saturated heterocycles. The van der Waals surface area contributed by atoms with Gasteiger partial charge in [0.05, 0.1) is 6.10 Å². The molecule has 1 aliphatic rings. The van der Waals surface area contributed by atoms with E-state index in [1.165, 1.54) is 6.07 Å². The van der Waals surface area contributed by atoms with Crippen molar-refractivity contribution in [2.24, 2.45) is 5.92 Å². The molecule has 1 aromatic rings. The molecule has 5 nitrogen and oxygen atoms in total. The molecule has 2 rings (SSSR count). The lowest BCUT2D eigenvalue weighted by Gasteiger charge is -2.15. The van der Waals surface area contributed by atoms with E-state index in [1.54, 1.807) is 12.1 Å². The van der Waals surface area contributed by atoms with Crippen molar-refractivity contribution < 1.29 is 14.6 Å². The number of hydrogen-bond donors (Lipinski definition) is 2. The molecule has 0 bridgehead atoms. The fraction of sp³-hybridized carbons (Fsp3) is 0.500. The Morgan fingerprint density at radius 2 is 2.47 bits per heavy atom. The van der Waals surface area contributed by atoms with Crippen molar-refractivity contribution in [3.8, 4) is 0 Å². The van der Waals surface area contributed by atoms with Gasteiger partial charge < -0.3 is 15.2 Å². The van der Waals surface area contributed by atoms with Gasteiger partial charge in [-0.25, -0.2) is 9.78 Å². The molecule has 0 aliphatic carbocycles. The summed E-state index contributed by atoms with van der Waals surface area (Å²) in [5.74, 6) is 0.0560. The van der Waals surface area contributed by atoms with E-state index in [9.17, 15) is 4.79 Å². The van der Waals surface area contributed by atoms with Crippen LogP contribution in [0.15, 0.2) is 18.2 Å². The third-order valence-corrected chi connectivity index (χ3v) is 3.05. The van der Waals surface area contributed by atoms with Crippen LogP contribution in [0.5, 0.6) is 0 Å². The number of hydrogen-bond acceptors (Lipinski definition) is 4. The molecule has 2 heterocycles. The number of carboxylic acids is 1.